The molecule has 0 spiro atoms. The van der Waals surface area contributed by atoms with Crippen LogP contribution in [0.1, 0.15) is 0 Å². The molecule has 0 bridgehead atoms. The Morgan fingerprint density at radius 1 is 0.640 bits per heavy atom. The van der Waals surface area contributed by atoms with Gasteiger partial charge in [-0.25, -0.2) is 16.8 Å². The van der Waals surface area contributed by atoms with Gasteiger partial charge in [-0.3, -0.25) is 0 Å². The third-order valence-electron chi connectivity index (χ3n) is 2.43. The smallest absolute Gasteiger partial charge is 0.744 e. The first-order chi connectivity index (χ1) is 10.8. The maximum atomic E-state index is 10.4. The molecule has 2 aromatic rings. The van der Waals surface area contributed by atoms with Gasteiger partial charge in [0.1, 0.15) is 43.2 Å². The van der Waals surface area contributed by atoms with E-state index in [2.05, 4.69) is 0 Å². The second kappa shape index (κ2) is 8.89. The average molecular weight is 418 g/mol. The molecule has 0 saturated carbocycles. The van der Waals surface area contributed by atoms with Gasteiger partial charge >= 0.3 is 37.7 Å². The molecular weight excluding hydrogens is 408 g/mol. The maximum Gasteiger partial charge on any atom is 2.00 e. The Hall–Kier alpha value is -1.28. The second-order valence-electron chi connectivity index (χ2n) is 4.21. The zero-order valence-corrected chi connectivity index (χ0v) is 16.1. The summed E-state index contributed by atoms with van der Waals surface area (Å²) in [7, 11) is -9.43. The Morgan fingerprint density at radius 3 is 1.12 bits per heavy atom. The quantitative estimate of drug-likeness (QED) is 0.283. The number of hydrogen-bond donors (Lipinski definition) is 4. The minimum absolute atomic E-state index is 0. The maximum absolute atomic E-state index is 10.4. The zero-order chi connectivity index (χ0) is 18.7. The molecule has 0 aliphatic carbocycles. The van der Waals surface area contributed by atoms with Crippen LogP contribution < -0.4 is 0 Å². The molecule has 4 N–H and O–H groups in total. The molecule has 132 valence electrons. The number of phenolic OH excluding ortho intramolecular Hbond substituents is 4. The predicted molar refractivity (Wildman–Crippen MR) is 81.2 cm³/mol. The SMILES string of the molecule is O=S(=O)([O-])c1cc(O)ccc1O.O=S(=O)([O-])c1cc(O)ccc1O.[Ca+2]. The number of phenols is 4. The van der Waals surface area contributed by atoms with Gasteiger partial charge in [0.25, 0.3) is 0 Å². The molecule has 0 radical (unpaired) electrons. The Labute approximate surface area is 172 Å². The van der Waals surface area contributed by atoms with Gasteiger partial charge in [-0.2, -0.15) is 0 Å². The van der Waals surface area contributed by atoms with Crippen molar-refractivity contribution in [3.05, 3.63) is 36.4 Å². The van der Waals surface area contributed by atoms with Crippen molar-refractivity contribution in [2.24, 2.45) is 0 Å². The topological polar surface area (TPSA) is 195 Å². The van der Waals surface area contributed by atoms with E-state index < -0.39 is 41.5 Å². The van der Waals surface area contributed by atoms with Crippen molar-refractivity contribution in [1.29, 1.82) is 0 Å². The Morgan fingerprint density at radius 2 is 0.920 bits per heavy atom. The van der Waals surface area contributed by atoms with E-state index in [1.807, 2.05) is 0 Å². The summed E-state index contributed by atoms with van der Waals surface area (Å²) in [6.07, 6.45) is 0. The summed E-state index contributed by atoms with van der Waals surface area (Å²) < 4.78 is 62.3. The summed E-state index contributed by atoms with van der Waals surface area (Å²) >= 11 is 0. The summed E-state index contributed by atoms with van der Waals surface area (Å²) in [6, 6.07) is 5.39. The summed E-state index contributed by atoms with van der Waals surface area (Å²) in [4.78, 5) is -1.63. The van der Waals surface area contributed by atoms with Gasteiger partial charge in [-0.15, -0.1) is 0 Å². The Kier molecular flexibility index (Phi) is 8.44. The standard InChI is InChI=1S/2C6H6O5S.Ca/c2*7-4-1-2-5(8)6(3-4)12(9,10)11;/h2*1-3,7-8H,(H,9,10,11);/q;;+2/p-2. The molecule has 2 rings (SSSR count). The van der Waals surface area contributed by atoms with E-state index in [4.69, 9.17) is 20.4 Å². The monoisotopic (exact) mass is 418 g/mol. The molecule has 0 aliphatic heterocycles. The minimum Gasteiger partial charge on any atom is -0.744 e. The third-order valence-corrected chi connectivity index (χ3v) is 4.16. The van der Waals surface area contributed by atoms with Crippen LogP contribution in [0.15, 0.2) is 46.2 Å². The van der Waals surface area contributed by atoms with E-state index in [-0.39, 0.29) is 49.2 Å². The zero-order valence-electron chi connectivity index (χ0n) is 12.2. The van der Waals surface area contributed by atoms with E-state index >= 15 is 0 Å². The molecule has 0 aliphatic rings. The van der Waals surface area contributed by atoms with Gasteiger partial charge in [0.2, 0.25) is 0 Å². The molecule has 0 aromatic heterocycles. The molecule has 0 atom stereocenters. The molecule has 13 heteroatoms. The minimum atomic E-state index is -4.72. The summed E-state index contributed by atoms with van der Waals surface area (Å²) in [5, 5.41) is 35.3. The van der Waals surface area contributed by atoms with Crippen LogP contribution in [0.5, 0.6) is 23.0 Å². The van der Waals surface area contributed by atoms with Crippen LogP contribution in [0.25, 0.3) is 0 Å². The van der Waals surface area contributed by atoms with E-state index in [9.17, 15) is 25.9 Å². The van der Waals surface area contributed by atoms with Gasteiger partial charge < -0.3 is 29.5 Å². The normalized spacial score (nSPS) is 11.0. The molecule has 2 aromatic carbocycles. The van der Waals surface area contributed by atoms with Crippen LogP contribution in [0.3, 0.4) is 0 Å². The van der Waals surface area contributed by atoms with Crippen molar-refractivity contribution in [2.45, 2.75) is 9.79 Å². The van der Waals surface area contributed by atoms with Crippen LogP contribution in [-0.2, 0) is 20.2 Å². The van der Waals surface area contributed by atoms with Crippen LogP contribution >= 0.6 is 0 Å². The average Bonchev–Trinajstić information content (AvgIpc) is 2.42. The molecule has 0 fully saturated rings. The number of rotatable bonds is 2. The van der Waals surface area contributed by atoms with Crippen molar-refractivity contribution in [1.82, 2.24) is 0 Å². The predicted octanol–water partition coefficient (Wildman–Crippen LogP) is -0.377. The first kappa shape index (κ1) is 23.7. The molecular formula is C12H10CaO10S2. The van der Waals surface area contributed by atoms with Crippen molar-refractivity contribution in [3.8, 4) is 23.0 Å². The number of benzene rings is 2. The number of aromatic hydroxyl groups is 4. The molecule has 25 heavy (non-hydrogen) atoms. The molecule has 0 saturated heterocycles. The largest absolute Gasteiger partial charge is 2.00 e. The van der Waals surface area contributed by atoms with E-state index in [1.54, 1.807) is 0 Å². The van der Waals surface area contributed by atoms with Gasteiger partial charge in [-0.1, -0.05) is 0 Å². The first-order valence-electron chi connectivity index (χ1n) is 5.78. The third kappa shape index (κ3) is 7.23. The van der Waals surface area contributed by atoms with Crippen LogP contribution in [0.2, 0.25) is 0 Å². The fourth-order valence-corrected chi connectivity index (χ4v) is 2.58. The molecule has 0 unspecified atom stereocenters. The Bertz CT molecular complexity index is 874. The molecule has 0 amide bonds. The van der Waals surface area contributed by atoms with Crippen molar-refractivity contribution < 1.29 is 46.4 Å². The van der Waals surface area contributed by atoms with Gasteiger partial charge in [0.15, 0.2) is 0 Å². The summed E-state index contributed by atoms with van der Waals surface area (Å²) in [5.41, 5.74) is 0. The van der Waals surface area contributed by atoms with Crippen molar-refractivity contribution in [2.75, 3.05) is 0 Å². The van der Waals surface area contributed by atoms with Crippen molar-refractivity contribution in [3.63, 3.8) is 0 Å². The van der Waals surface area contributed by atoms with Gasteiger partial charge in [0.05, 0.1) is 9.79 Å². The summed E-state index contributed by atoms with van der Waals surface area (Å²) in [6.45, 7) is 0. The molecule has 0 heterocycles. The van der Waals surface area contributed by atoms with Crippen LogP contribution in [-0.4, -0.2) is 84.1 Å². The fourth-order valence-electron chi connectivity index (χ4n) is 1.41. The molecule has 10 nitrogen and oxygen atoms in total. The second-order valence-corrected chi connectivity index (χ2v) is 6.91. The van der Waals surface area contributed by atoms with Crippen LogP contribution in [0.4, 0.5) is 0 Å². The van der Waals surface area contributed by atoms with Gasteiger partial charge in [0, 0.05) is 12.1 Å². The fraction of sp³-hybridized carbons (Fsp3) is 0. The van der Waals surface area contributed by atoms with E-state index in [1.165, 1.54) is 0 Å². The number of hydrogen-bond acceptors (Lipinski definition) is 10. The van der Waals surface area contributed by atoms with Crippen molar-refractivity contribution >= 4 is 58.0 Å². The first-order valence-corrected chi connectivity index (χ1v) is 8.60. The van der Waals surface area contributed by atoms with E-state index in [0.717, 1.165) is 24.3 Å². The Balaban J connectivity index is 0.000000443. The van der Waals surface area contributed by atoms with E-state index in [0.29, 0.717) is 12.1 Å². The summed E-state index contributed by atoms with van der Waals surface area (Å²) in [5.74, 6) is -2.10. The van der Waals surface area contributed by atoms with Crippen LogP contribution in [0, 0.1) is 0 Å². The van der Waals surface area contributed by atoms with Gasteiger partial charge in [-0.05, 0) is 24.3 Å².